The molecule has 1 N–H and O–H groups in total. The van der Waals surface area contributed by atoms with Crippen LogP contribution in [0.5, 0.6) is 0 Å². The predicted octanol–water partition coefficient (Wildman–Crippen LogP) is 4.99. The number of fused-ring (bicyclic) bond motifs is 1. The van der Waals surface area contributed by atoms with Gasteiger partial charge in [0.2, 0.25) is 0 Å². The number of piperazine rings is 1. The topological polar surface area (TPSA) is 56.6 Å². The summed E-state index contributed by atoms with van der Waals surface area (Å²) in [6.45, 7) is 14.3. The maximum Gasteiger partial charge on any atom is 0.261 e. The molecule has 2 aliphatic rings. The van der Waals surface area contributed by atoms with Crippen molar-refractivity contribution < 1.29 is 0 Å². The van der Waals surface area contributed by atoms with E-state index in [1.54, 1.807) is 0 Å². The molecule has 41 heavy (non-hydrogen) atoms. The Morgan fingerprint density at radius 1 is 1.02 bits per heavy atom. The van der Waals surface area contributed by atoms with Gasteiger partial charge in [0.05, 0.1) is 16.9 Å². The molecule has 2 saturated heterocycles. The molecule has 3 unspecified atom stereocenters. The van der Waals surface area contributed by atoms with E-state index < -0.39 is 0 Å². The predicted molar refractivity (Wildman–Crippen MR) is 169 cm³/mol. The van der Waals surface area contributed by atoms with Crippen molar-refractivity contribution in [3.63, 3.8) is 0 Å². The summed E-state index contributed by atoms with van der Waals surface area (Å²) in [6.07, 6.45) is 4.24. The van der Waals surface area contributed by atoms with Crippen molar-refractivity contribution in [2.45, 2.75) is 90.1 Å². The van der Waals surface area contributed by atoms with E-state index in [9.17, 15) is 4.79 Å². The molecule has 0 aliphatic carbocycles. The zero-order chi connectivity index (χ0) is 29.1. The number of rotatable bonds is 9. The van der Waals surface area contributed by atoms with Crippen molar-refractivity contribution in [3.05, 3.63) is 75.8 Å². The maximum atomic E-state index is 13.9. The fraction of sp³-hybridized carbons (Fsp3) is 0.588. The highest BCUT2D eigenvalue weighted by molar-refractivity contribution is 5.78. The number of nitrogens with zero attached hydrogens (tertiary/aromatic N) is 5. The van der Waals surface area contributed by atoms with Crippen LogP contribution >= 0.6 is 0 Å². The number of hydrogen-bond acceptors (Lipinski definition) is 6. The zero-order valence-corrected chi connectivity index (χ0v) is 26.1. The number of benzene rings is 2. The minimum atomic E-state index is 0.0748. The third kappa shape index (κ3) is 6.14. The smallest absolute Gasteiger partial charge is 0.261 e. The van der Waals surface area contributed by atoms with E-state index in [0.29, 0.717) is 18.6 Å². The highest BCUT2D eigenvalue weighted by atomic mass is 16.1. The number of hydrogen-bond donors (Lipinski definition) is 1. The second kappa shape index (κ2) is 12.7. The van der Waals surface area contributed by atoms with Crippen LogP contribution in [0.4, 0.5) is 0 Å². The summed E-state index contributed by atoms with van der Waals surface area (Å²) in [5.74, 6) is 0.929. The summed E-state index contributed by atoms with van der Waals surface area (Å²) < 4.78 is 1.94. The SMILES string of the molecule is CCCC(c1nc2ccc(CN3CCC(c4ccccc4)(N(C)C)CC3)cc2c(=O)n1CC)N1CC(C)NC(C)C1. The summed E-state index contributed by atoms with van der Waals surface area (Å²) >= 11 is 0. The average Bonchev–Trinajstić information content (AvgIpc) is 2.96. The summed E-state index contributed by atoms with van der Waals surface area (Å²) in [4.78, 5) is 26.6. The first-order valence-corrected chi connectivity index (χ1v) is 15.7. The van der Waals surface area contributed by atoms with E-state index in [0.717, 1.165) is 75.1 Å². The molecule has 0 radical (unpaired) electrons. The van der Waals surface area contributed by atoms with Crippen LogP contribution in [0.2, 0.25) is 0 Å². The molecule has 3 atom stereocenters. The fourth-order valence-electron chi connectivity index (χ4n) is 7.40. The van der Waals surface area contributed by atoms with Crippen molar-refractivity contribution in [1.29, 1.82) is 0 Å². The van der Waals surface area contributed by atoms with Crippen molar-refractivity contribution in [1.82, 2.24) is 29.6 Å². The van der Waals surface area contributed by atoms with Gasteiger partial charge in [-0.3, -0.25) is 24.1 Å². The van der Waals surface area contributed by atoms with E-state index in [4.69, 9.17) is 4.98 Å². The lowest BCUT2D eigenvalue weighted by Gasteiger charge is -2.46. The molecule has 222 valence electrons. The summed E-state index contributed by atoms with van der Waals surface area (Å²) in [6, 6.07) is 18.3. The highest BCUT2D eigenvalue weighted by Gasteiger charge is 2.38. The Bertz CT molecular complexity index is 1350. The molecule has 5 rings (SSSR count). The van der Waals surface area contributed by atoms with Gasteiger partial charge in [0, 0.05) is 56.9 Å². The van der Waals surface area contributed by atoms with Gasteiger partial charge in [-0.25, -0.2) is 4.98 Å². The first-order chi connectivity index (χ1) is 19.8. The van der Waals surface area contributed by atoms with E-state index in [-0.39, 0.29) is 17.1 Å². The van der Waals surface area contributed by atoms with E-state index in [2.05, 4.69) is 110 Å². The van der Waals surface area contributed by atoms with Crippen molar-refractivity contribution in [3.8, 4) is 0 Å². The van der Waals surface area contributed by atoms with E-state index in [1.165, 1.54) is 11.1 Å². The fourth-order valence-corrected chi connectivity index (χ4v) is 7.40. The standard InChI is InChI=1S/C34H50N6O/c1-7-12-31(39-22-25(3)35-26(4)23-39)32-36-30-16-15-27(21-29(30)33(41)40(32)8-2)24-38-19-17-34(18-20-38,37(5)6)28-13-10-9-11-14-28/h9-11,13-16,21,25-26,31,35H,7-8,12,17-20,22-24H2,1-6H3. The molecule has 3 heterocycles. The Hall–Kier alpha value is -2.58. The quantitative estimate of drug-likeness (QED) is 0.399. The van der Waals surface area contributed by atoms with Gasteiger partial charge in [-0.2, -0.15) is 0 Å². The van der Waals surface area contributed by atoms with Gasteiger partial charge in [0.15, 0.2) is 0 Å². The number of likely N-dealkylation sites (tertiary alicyclic amines) is 1. The summed E-state index contributed by atoms with van der Waals surface area (Å²) in [5.41, 5.74) is 3.60. The Morgan fingerprint density at radius 2 is 1.71 bits per heavy atom. The average molecular weight is 559 g/mol. The Labute approximate surface area is 246 Å². The molecule has 2 fully saturated rings. The Balaban J connectivity index is 1.38. The lowest BCUT2D eigenvalue weighted by atomic mass is 9.79. The minimum absolute atomic E-state index is 0.0748. The number of nitrogens with one attached hydrogen (secondary N) is 1. The van der Waals surface area contributed by atoms with Gasteiger partial charge in [0.1, 0.15) is 5.82 Å². The van der Waals surface area contributed by atoms with Crippen molar-refractivity contribution in [2.75, 3.05) is 40.3 Å². The maximum absolute atomic E-state index is 13.9. The van der Waals surface area contributed by atoms with Crippen LogP contribution in [0, 0.1) is 0 Å². The second-order valence-corrected chi connectivity index (χ2v) is 12.7. The van der Waals surface area contributed by atoms with Gasteiger partial charge in [0.25, 0.3) is 5.56 Å². The molecule has 0 amide bonds. The first kappa shape index (κ1) is 29.9. The van der Waals surface area contributed by atoms with Gasteiger partial charge in [-0.1, -0.05) is 49.7 Å². The molecule has 2 aromatic carbocycles. The molecule has 0 saturated carbocycles. The molecule has 0 spiro atoms. The molecule has 1 aromatic heterocycles. The van der Waals surface area contributed by atoms with Gasteiger partial charge < -0.3 is 5.32 Å². The Morgan fingerprint density at radius 3 is 2.32 bits per heavy atom. The van der Waals surface area contributed by atoms with Crippen LogP contribution in [-0.4, -0.2) is 76.6 Å². The van der Waals surface area contributed by atoms with Crippen LogP contribution in [0.15, 0.2) is 53.3 Å². The molecule has 2 aliphatic heterocycles. The lowest BCUT2D eigenvalue weighted by Crippen LogP contribution is -2.55. The molecule has 7 nitrogen and oxygen atoms in total. The normalized spacial score (nSPS) is 22.8. The van der Waals surface area contributed by atoms with Crippen LogP contribution < -0.4 is 10.9 Å². The van der Waals surface area contributed by atoms with E-state index in [1.807, 2.05) is 4.57 Å². The second-order valence-electron chi connectivity index (χ2n) is 12.7. The summed E-state index contributed by atoms with van der Waals surface area (Å²) in [7, 11) is 4.42. The van der Waals surface area contributed by atoms with Gasteiger partial charge in [-0.15, -0.1) is 0 Å². The number of aromatic nitrogens is 2. The molecule has 7 heteroatoms. The van der Waals surface area contributed by atoms with Crippen molar-refractivity contribution >= 4 is 10.9 Å². The van der Waals surface area contributed by atoms with Crippen LogP contribution in [-0.2, 0) is 18.6 Å². The van der Waals surface area contributed by atoms with Gasteiger partial charge >= 0.3 is 0 Å². The van der Waals surface area contributed by atoms with E-state index >= 15 is 0 Å². The highest BCUT2D eigenvalue weighted by Crippen LogP contribution is 2.37. The largest absolute Gasteiger partial charge is 0.309 e. The third-order valence-electron chi connectivity index (χ3n) is 9.51. The van der Waals surface area contributed by atoms with Crippen LogP contribution in [0.25, 0.3) is 10.9 Å². The molecule has 0 bridgehead atoms. The van der Waals surface area contributed by atoms with Crippen molar-refractivity contribution in [2.24, 2.45) is 0 Å². The monoisotopic (exact) mass is 558 g/mol. The number of piperidine rings is 1. The lowest BCUT2D eigenvalue weighted by molar-refractivity contribution is 0.0507. The minimum Gasteiger partial charge on any atom is -0.309 e. The van der Waals surface area contributed by atoms with Crippen LogP contribution in [0.1, 0.15) is 76.4 Å². The van der Waals surface area contributed by atoms with Gasteiger partial charge in [-0.05, 0) is 77.4 Å². The Kier molecular flexibility index (Phi) is 9.29. The zero-order valence-electron chi connectivity index (χ0n) is 26.1. The first-order valence-electron chi connectivity index (χ1n) is 15.7. The molecule has 3 aromatic rings. The summed E-state index contributed by atoms with van der Waals surface area (Å²) in [5, 5.41) is 4.39. The molecular weight excluding hydrogens is 508 g/mol. The molecular formula is C34H50N6O. The third-order valence-corrected chi connectivity index (χ3v) is 9.51. The van der Waals surface area contributed by atoms with Crippen LogP contribution in [0.3, 0.4) is 0 Å².